The zero-order valence-electron chi connectivity index (χ0n) is 15.3. The first-order valence-electron chi connectivity index (χ1n) is 9.59. The van der Waals surface area contributed by atoms with Crippen LogP contribution in [0.2, 0.25) is 0 Å². The summed E-state index contributed by atoms with van der Waals surface area (Å²) in [7, 11) is 0. The molecule has 1 spiro atoms. The number of carbonyl (C=O) groups excluding carboxylic acids is 1. The number of aliphatic hydroxyl groups is 2. The Balaban J connectivity index is 1.41. The Kier molecular flexibility index (Phi) is 4.77. The molecule has 0 bridgehead atoms. The molecule has 0 radical (unpaired) electrons. The van der Waals surface area contributed by atoms with Crippen LogP contribution in [0.25, 0.3) is 0 Å². The van der Waals surface area contributed by atoms with Gasteiger partial charge in [0.05, 0.1) is 17.8 Å². The molecule has 0 saturated carbocycles. The molecule has 2 atom stereocenters. The average molecular weight is 360 g/mol. The fraction of sp³-hybridized carbons (Fsp3) is 0.650. The predicted octanol–water partition coefficient (Wildman–Crippen LogP) is 1.14. The van der Waals surface area contributed by atoms with Crippen molar-refractivity contribution < 1.29 is 19.7 Å². The molecule has 3 aliphatic heterocycles. The third kappa shape index (κ3) is 3.05. The van der Waals surface area contributed by atoms with Crippen LogP contribution < -0.4 is 5.32 Å². The second kappa shape index (κ2) is 6.93. The van der Waals surface area contributed by atoms with Gasteiger partial charge >= 0.3 is 5.97 Å². The van der Waals surface area contributed by atoms with Crippen molar-refractivity contribution in [2.45, 2.75) is 45.0 Å². The SMILES string of the molecule is Cc1c(C(O)CN2CCC3(CCNCC3O)CC2)ccc2c1COC2=O. The fourth-order valence-corrected chi connectivity index (χ4v) is 4.79. The van der Waals surface area contributed by atoms with E-state index in [1.807, 2.05) is 13.0 Å². The van der Waals surface area contributed by atoms with Crippen LogP contribution in [-0.2, 0) is 11.3 Å². The Morgan fingerprint density at radius 3 is 2.85 bits per heavy atom. The monoisotopic (exact) mass is 360 g/mol. The first-order chi connectivity index (χ1) is 12.5. The number of nitrogens with zero attached hydrogens (tertiary/aromatic N) is 1. The summed E-state index contributed by atoms with van der Waals surface area (Å²) in [5.74, 6) is -0.272. The smallest absolute Gasteiger partial charge is 0.338 e. The number of β-amino-alcohol motifs (C(OH)–C–C–N with tert-alkyl or cyclic N) is 2. The van der Waals surface area contributed by atoms with Crippen molar-refractivity contribution in [3.63, 3.8) is 0 Å². The van der Waals surface area contributed by atoms with E-state index in [9.17, 15) is 15.0 Å². The first kappa shape index (κ1) is 17.9. The number of hydrogen-bond acceptors (Lipinski definition) is 6. The zero-order chi connectivity index (χ0) is 18.3. The van der Waals surface area contributed by atoms with Crippen LogP contribution >= 0.6 is 0 Å². The van der Waals surface area contributed by atoms with Crippen LogP contribution in [0.3, 0.4) is 0 Å². The van der Waals surface area contributed by atoms with Gasteiger partial charge in [0.25, 0.3) is 0 Å². The maximum atomic E-state index is 11.7. The van der Waals surface area contributed by atoms with Gasteiger partial charge in [-0.1, -0.05) is 6.07 Å². The molecule has 3 heterocycles. The van der Waals surface area contributed by atoms with E-state index >= 15 is 0 Å². The molecule has 0 aliphatic carbocycles. The Hall–Kier alpha value is -1.47. The molecule has 6 heteroatoms. The minimum absolute atomic E-state index is 0.0495. The van der Waals surface area contributed by atoms with E-state index in [4.69, 9.17) is 4.74 Å². The summed E-state index contributed by atoms with van der Waals surface area (Å²) >= 11 is 0. The number of aliphatic hydroxyl groups excluding tert-OH is 2. The van der Waals surface area contributed by atoms with Crippen molar-refractivity contribution in [3.8, 4) is 0 Å². The zero-order valence-corrected chi connectivity index (χ0v) is 15.3. The largest absolute Gasteiger partial charge is 0.457 e. The lowest BCUT2D eigenvalue weighted by Crippen LogP contribution is -2.54. The number of fused-ring (bicyclic) bond motifs is 1. The highest BCUT2D eigenvalue weighted by Gasteiger charge is 2.42. The second-order valence-corrected chi connectivity index (χ2v) is 8.03. The van der Waals surface area contributed by atoms with Crippen molar-refractivity contribution in [2.24, 2.45) is 5.41 Å². The van der Waals surface area contributed by atoms with Gasteiger partial charge in [-0.15, -0.1) is 0 Å². The average Bonchev–Trinajstić information content (AvgIpc) is 3.02. The normalized spacial score (nSPS) is 26.6. The summed E-state index contributed by atoms with van der Waals surface area (Å²) in [4.78, 5) is 14.0. The highest BCUT2D eigenvalue weighted by atomic mass is 16.5. The van der Waals surface area contributed by atoms with E-state index in [-0.39, 0.29) is 17.5 Å². The standard InChI is InChI=1S/C20H28N2O4/c1-13-14(2-3-15-16(13)12-26-19(15)25)17(23)11-22-8-5-20(6-9-22)4-7-21-10-18(20)24/h2-3,17-18,21,23-24H,4-12H2,1H3. The second-order valence-electron chi connectivity index (χ2n) is 8.03. The number of cyclic esters (lactones) is 1. The minimum atomic E-state index is -0.581. The number of rotatable bonds is 3. The van der Waals surface area contributed by atoms with Gasteiger partial charge in [-0.3, -0.25) is 0 Å². The number of benzene rings is 1. The molecule has 26 heavy (non-hydrogen) atoms. The van der Waals surface area contributed by atoms with Gasteiger partial charge in [0.1, 0.15) is 6.61 Å². The molecule has 0 amide bonds. The maximum Gasteiger partial charge on any atom is 0.338 e. The van der Waals surface area contributed by atoms with E-state index in [1.165, 1.54) is 0 Å². The molecule has 2 fully saturated rings. The van der Waals surface area contributed by atoms with Gasteiger partial charge in [0.2, 0.25) is 0 Å². The minimum Gasteiger partial charge on any atom is -0.457 e. The molecule has 3 N–H and O–H groups in total. The molecule has 6 nitrogen and oxygen atoms in total. The Morgan fingerprint density at radius 2 is 2.12 bits per heavy atom. The quantitative estimate of drug-likeness (QED) is 0.701. The van der Waals surface area contributed by atoms with E-state index in [0.29, 0.717) is 25.3 Å². The maximum absolute atomic E-state index is 11.7. The molecule has 142 valence electrons. The van der Waals surface area contributed by atoms with Crippen LogP contribution in [0.1, 0.15) is 52.4 Å². The van der Waals surface area contributed by atoms with Crippen LogP contribution in [0.4, 0.5) is 0 Å². The third-order valence-electron chi connectivity index (χ3n) is 6.69. The molecular formula is C20H28N2O4. The third-order valence-corrected chi connectivity index (χ3v) is 6.69. The van der Waals surface area contributed by atoms with Gasteiger partial charge in [0, 0.05) is 24.1 Å². The van der Waals surface area contributed by atoms with Gasteiger partial charge in [0.15, 0.2) is 0 Å². The Labute approximate surface area is 154 Å². The van der Waals surface area contributed by atoms with E-state index in [0.717, 1.165) is 55.6 Å². The molecular weight excluding hydrogens is 332 g/mol. The predicted molar refractivity (Wildman–Crippen MR) is 96.9 cm³/mol. The Bertz CT molecular complexity index is 697. The topological polar surface area (TPSA) is 82.0 Å². The lowest BCUT2D eigenvalue weighted by atomic mass is 9.69. The number of ether oxygens (including phenoxy) is 1. The van der Waals surface area contributed by atoms with E-state index in [1.54, 1.807) is 6.07 Å². The molecule has 0 aromatic heterocycles. The summed E-state index contributed by atoms with van der Waals surface area (Å²) in [6.07, 6.45) is 2.15. The lowest BCUT2D eigenvalue weighted by Gasteiger charge is -2.47. The number of likely N-dealkylation sites (tertiary alicyclic amines) is 1. The van der Waals surface area contributed by atoms with Crippen molar-refractivity contribution in [3.05, 3.63) is 34.4 Å². The molecule has 1 aromatic carbocycles. The van der Waals surface area contributed by atoms with Crippen molar-refractivity contribution in [2.75, 3.05) is 32.7 Å². The van der Waals surface area contributed by atoms with Gasteiger partial charge < -0.3 is 25.2 Å². The number of piperidine rings is 2. The molecule has 2 unspecified atom stereocenters. The summed E-state index contributed by atoms with van der Waals surface area (Å²) < 4.78 is 5.10. The van der Waals surface area contributed by atoms with Gasteiger partial charge in [-0.25, -0.2) is 4.79 Å². The molecule has 2 saturated heterocycles. The number of hydrogen-bond donors (Lipinski definition) is 3. The summed E-state index contributed by atoms with van der Waals surface area (Å²) in [5, 5.41) is 24.4. The summed E-state index contributed by atoms with van der Waals surface area (Å²) in [6, 6.07) is 3.63. The van der Waals surface area contributed by atoms with Gasteiger partial charge in [-0.05, 0) is 63.0 Å². The number of esters is 1. The van der Waals surface area contributed by atoms with Crippen LogP contribution in [0.5, 0.6) is 0 Å². The highest BCUT2D eigenvalue weighted by molar-refractivity contribution is 5.93. The van der Waals surface area contributed by atoms with Crippen molar-refractivity contribution in [1.29, 1.82) is 0 Å². The van der Waals surface area contributed by atoms with E-state index in [2.05, 4.69) is 10.2 Å². The summed E-state index contributed by atoms with van der Waals surface area (Å²) in [6.45, 7) is 6.32. The molecule has 4 rings (SSSR count). The first-order valence-corrected chi connectivity index (χ1v) is 9.59. The van der Waals surface area contributed by atoms with Crippen LogP contribution in [0.15, 0.2) is 12.1 Å². The van der Waals surface area contributed by atoms with Crippen LogP contribution in [0, 0.1) is 12.3 Å². The molecule has 3 aliphatic rings. The fourth-order valence-electron chi connectivity index (χ4n) is 4.79. The number of carbonyl (C=O) groups is 1. The number of nitrogens with one attached hydrogen (secondary N) is 1. The van der Waals surface area contributed by atoms with Gasteiger partial charge in [-0.2, -0.15) is 0 Å². The highest BCUT2D eigenvalue weighted by Crippen LogP contribution is 2.40. The van der Waals surface area contributed by atoms with Crippen LogP contribution in [-0.4, -0.2) is 59.9 Å². The Morgan fingerprint density at radius 1 is 1.35 bits per heavy atom. The van der Waals surface area contributed by atoms with Crippen molar-refractivity contribution in [1.82, 2.24) is 10.2 Å². The van der Waals surface area contributed by atoms with Crippen molar-refractivity contribution >= 4 is 5.97 Å². The lowest BCUT2D eigenvalue weighted by molar-refractivity contribution is -0.0491. The van der Waals surface area contributed by atoms with E-state index < -0.39 is 6.10 Å². The summed E-state index contributed by atoms with van der Waals surface area (Å²) in [5.41, 5.74) is 3.42. The molecule has 1 aromatic rings.